The molecule has 0 radical (unpaired) electrons. The number of imide groups is 1. The molecule has 6 nitrogen and oxygen atoms in total. The number of amides is 2. The number of hydrogen-bond donors (Lipinski definition) is 1. The molecule has 0 saturated carbocycles. The van der Waals surface area contributed by atoms with Crippen molar-refractivity contribution < 1.29 is 24.2 Å². The normalized spacial score (nSPS) is 13.2. The fraction of sp³-hybridized carbons (Fsp3) is 0.0625. The lowest BCUT2D eigenvalue weighted by Gasteiger charge is -2.17. The van der Waals surface area contributed by atoms with E-state index in [1.165, 1.54) is 19.2 Å². The van der Waals surface area contributed by atoms with Gasteiger partial charge < -0.3 is 9.84 Å². The van der Waals surface area contributed by atoms with Crippen LogP contribution < -0.4 is 4.90 Å². The van der Waals surface area contributed by atoms with Crippen molar-refractivity contribution in [2.45, 2.75) is 0 Å². The number of carbonyl (C=O) groups is 3. The first-order chi connectivity index (χ1) is 11.0. The number of rotatable bonds is 2. The van der Waals surface area contributed by atoms with Crippen LogP contribution in [0.5, 0.6) is 5.75 Å². The van der Waals surface area contributed by atoms with E-state index in [9.17, 15) is 19.5 Å². The number of esters is 1. The number of phenolic OH excluding ortho intramolecular Hbond substituents is 1. The lowest BCUT2D eigenvalue weighted by atomic mass is 10.1. The number of fused-ring (bicyclic) bond motifs is 1. The van der Waals surface area contributed by atoms with Crippen molar-refractivity contribution in [2.75, 3.05) is 12.0 Å². The Labute approximate surface area is 139 Å². The average molecular weight is 376 g/mol. The maximum Gasteiger partial charge on any atom is 0.341 e. The maximum atomic E-state index is 12.5. The highest BCUT2D eigenvalue weighted by molar-refractivity contribution is 9.10. The van der Waals surface area contributed by atoms with Crippen molar-refractivity contribution in [1.82, 2.24) is 0 Å². The van der Waals surface area contributed by atoms with E-state index in [4.69, 9.17) is 0 Å². The minimum atomic E-state index is -0.725. The van der Waals surface area contributed by atoms with E-state index < -0.39 is 23.5 Å². The number of phenols is 1. The molecule has 2 amide bonds. The molecular weight excluding hydrogens is 366 g/mol. The Morgan fingerprint density at radius 3 is 2.17 bits per heavy atom. The largest absolute Gasteiger partial charge is 0.506 e. The summed E-state index contributed by atoms with van der Waals surface area (Å²) >= 11 is 3.13. The van der Waals surface area contributed by atoms with Gasteiger partial charge in [-0.25, -0.2) is 9.69 Å². The number of ether oxygens (including phenoxy) is 1. The van der Waals surface area contributed by atoms with Crippen LogP contribution >= 0.6 is 15.9 Å². The van der Waals surface area contributed by atoms with Crippen LogP contribution in [0.25, 0.3) is 0 Å². The van der Waals surface area contributed by atoms with Crippen LogP contribution in [0.1, 0.15) is 31.1 Å². The highest BCUT2D eigenvalue weighted by Gasteiger charge is 2.38. The van der Waals surface area contributed by atoms with Crippen molar-refractivity contribution in [3.8, 4) is 5.75 Å². The van der Waals surface area contributed by atoms with Crippen LogP contribution in [0.2, 0.25) is 0 Å². The Bertz CT molecular complexity index is 827. The van der Waals surface area contributed by atoms with Gasteiger partial charge in [0.1, 0.15) is 11.3 Å². The molecule has 0 fully saturated rings. The van der Waals surface area contributed by atoms with Crippen LogP contribution in [0.15, 0.2) is 40.9 Å². The van der Waals surface area contributed by atoms with Gasteiger partial charge in [0.05, 0.1) is 28.4 Å². The summed E-state index contributed by atoms with van der Waals surface area (Å²) < 4.78 is 4.63. The summed E-state index contributed by atoms with van der Waals surface area (Å²) in [4.78, 5) is 37.4. The number of nitrogens with zero attached hydrogens (tertiary/aromatic N) is 1. The van der Waals surface area contributed by atoms with Gasteiger partial charge in [0.25, 0.3) is 11.8 Å². The second-order valence-electron chi connectivity index (χ2n) is 4.78. The third-order valence-electron chi connectivity index (χ3n) is 3.54. The topological polar surface area (TPSA) is 83.9 Å². The van der Waals surface area contributed by atoms with Gasteiger partial charge in [-0.3, -0.25) is 9.59 Å². The fourth-order valence-electron chi connectivity index (χ4n) is 2.41. The maximum absolute atomic E-state index is 12.5. The van der Waals surface area contributed by atoms with Gasteiger partial charge in [0.2, 0.25) is 0 Å². The zero-order valence-electron chi connectivity index (χ0n) is 11.9. The number of halogens is 1. The summed E-state index contributed by atoms with van der Waals surface area (Å²) in [6.07, 6.45) is 0. The molecule has 0 unspecified atom stereocenters. The van der Waals surface area contributed by atoms with Crippen LogP contribution in [-0.2, 0) is 4.74 Å². The molecule has 1 N–H and O–H groups in total. The minimum absolute atomic E-state index is 0.0647. The first-order valence-corrected chi connectivity index (χ1v) is 7.34. The molecule has 3 rings (SSSR count). The van der Waals surface area contributed by atoms with Crippen molar-refractivity contribution in [3.05, 3.63) is 57.6 Å². The molecule has 0 saturated heterocycles. The molecule has 0 aliphatic carbocycles. The minimum Gasteiger partial charge on any atom is -0.506 e. The van der Waals surface area contributed by atoms with Gasteiger partial charge in [-0.15, -0.1) is 0 Å². The molecule has 1 aliphatic rings. The Balaban J connectivity index is 2.11. The van der Waals surface area contributed by atoms with Gasteiger partial charge >= 0.3 is 5.97 Å². The Kier molecular flexibility index (Phi) is 3.65. The first kappa shape index (κ1) is 15.2. The van der Waals surface area contributed by atoms with Gasteiger partial charge in [-0.05, 0) is 40.2 Å². The van der Waals surface area contributed by atoms with Gasteiger partial charge in [0, 0.05) is 0 Å². The molecule has 0 bridgehead atoms. The Hall–Kier alpha value is -2.67. The lowest BCUT2D eigenvalue weighted by molar-refractivity contribution is 0.0597. The van der Waals surface area contributed by atoms with E-state index >= 15 is 0 Å². The zero-order chi connectivity index (χ0) is 16.7. The molecule has 1 aliphatic heterocycles. The number of benzene rings is 2. The van der Waals surface area contributed by atoms with E-state index in [0.29, 0.717) is 11.1 Å². The molecule has 1 heterocycles. The van der Waals surface area contributed by atoms with Crippen LogP contribution in [0, 0.1) is 0 Å². The Morgan fingerprint density at radius 1 is 1.09 bits per heavy atom. The summed E-state index contributed by atoms with van der Waals surface area (Å²) in [6.45, 7) is 0. The summed E-state index contributed by atoms with van der Waals surface area (Å²) in [6, 6.07) is 9.15. The smallest absolute Gasteiger partial charge is 0.341 e. The van der Waals surface area contributed by atoms with Crippen LogP contribution in [0.3, 0.4) is 0 Å². The van der Waals surface area contributed by atoms with E-state index in [1.807, 2.05) is 0 Å². The van der Waals surface area contributed by atoms with Crippen molar-refractivity contribution in [3.63, 3.8) is 0 Å². The van der Waals surface area contributed by atoms with Crippen molar-refractivity contribution in [2.24, 2.45) is 0 Å². The van der Waals surface area contributed by atoms with E-state index in [0.717, 1.165) is 4.90 Å². The number of hydrogen-bond acceptors (Lipinski definition) is 5. The van der Waals surface area contributed by atoms with Crippen molar-refractivity contribution >= 4 is 39.4 Å². The molecule has 0 spiro atoms. The number of anilines is 1. The van der Waals surface area contributed by atoms with Crippen molar-refractivity contribution in [1.29, 1.82) is 0 Å². The average Bonchev–Trinajstić information content (AvgIpc) is 2.81. The quantitative estimate of drug-likeness (QED) is 0.644. The number of aromatic hydroxyl groups is 1. The molecule has 0 aromatic heterocycles. The van der Waals surface area contributed by atoms with E-state index in [-0.39, 0.29) is 15.7 Å². The monoisotopic (exact) mass is 375 g/mol. The fourth-order valence-corrected chi connectivity index (χ4v) is 2.93. The van der Waals surface area contributed by atoms with E-state index in [1.54, 1.807) is 24.3 Å². The standard InChI is InChI=1S/C16H10BrNO5/c1-23-16(22)10-6-7-11(12(17)13(10)19)18-14(20)8-4-2-3-5-9(8)15(18)21/h2-7,19H,1H3. The van der Waals surface area contributed by atoms with Crippen LogP contribution in [0.4, 0.5) is 5.69 Å². The molecule has 23 heavy (non-hydrogen) atoms. The summed E-state index contributed by atoms with van der Waals surface area (Å²) in [7, 11) is 1.19. The molecule has 0 atom stereocenters. The SMILES string of the molecule is COC(=O)c1ccc(N2C(=O)c3ccccc3C2=O)c(Br)c1O. The first-order valence-electron chi connectivity index (χ1n) is 6.55. The second-order valence-corrected chi connectivity index (χ2v) is 5.57. The molecule has 116 valence electrons. The Morgan fingerprint density at radius 2 is 1.65 bits per heavy atom. The number of carbonyl (C=O) groups excluding carboxylic acids is 3. The lowest BCUT2D eigenvalue weighted by Crippen LogP contribution is -2.29. The summed E-state index contributed by atoms with van der Waals surface area (Å²) in [5, 5.41) is 10.1. The highest BCUT2D eigenvalue weighted by Crippen LogP contribution is 2.40. The third kappa shape index (κ3) is 2.20. The zero-order valence-corrected chi connectivity index (χ0v) is 13.5. The predicted octanol–water partition coefficient (Wildman–Crippen LogP) is 2.74. The van der Waals surface area contributed by atoms with Gasteiger partial charge in [-0.1, -0.05) is 12.1 Å². The van der Waals surface area contributed by atoms with Gasteiger partial charge in [-0.2, -0.15) is 0 Å². The molecule has 2 aromatic rings. The highest BCUT2D eigenvalue weighted by atomic mass is 79.9. The summed E-state index contributed by atoms with van der Waals surface area (Å²) in [5.74, 6) is -2.10. The van der Waals surface area contributed by atoms with Gasteiger partial charge in [0.15, 0.2) is 0 Å². The number of methoxy groups -OCH3 is 1. The predicted molar refractivity (Wildman–Crippen MR) is 84.7 cm³/mol. The van der Waals surface area contributed by atoms with E-state index in [2.05, 4.69) is 20.7 Å². The van der Waals surface area contributed by atoms with Crippen LogP contribution in [-0.4, -0.2) is 30.0 Å². The molecule has 2 aromatic carbocycles. The molecule has 7 heteroatoms. The summed E-state index contributed by atoms with van der Waals surface area (Å²) in [5.41, 5.74) is 0.669. The second kappa shape index (κ2) is 5.51. The molecular formula is C16H10BrNO5. The third-order valence-corrected chi connectivity index (χ3v) is 4.32.